The first kappa shape index (κ1) is 27.8. The maximum Gasteiger partial charge on any atom is 0.254 e. The highest BCUT2D eigenvalue weighted by atomic mass is 16.6. The summed E-state index contributed by atoms with van der Waals surface area (Å²) in [5.74, 6) is 3.57. The number of carbonyl (C=O) groups is 2. The zero-order valence-corrected chi connectivity index (χ0v) is 24.8. The van der Waals surface area contributed by atoms with E-state index in [1.54, 1.807) is 18.1 Å². The topological polar surface area (TPSA) is 97.8 Å². The van der Waals surface area contributed by atoms with Crippen LogP contribution < -0.4 is 18.9 Å². The molecule has 0 spiro atoms. The Hall–Kier alpha value is -5.02. The van der Waals surface area contributed by atoms with Gasteiger partial charge in [0.15, 0.2) is 34.5 Å². The number of aldehydes is 1. The highest BCUT2D eigenvalue weighted by Gasteiger charge is 2.36. The minimum Gasteiger partial charge on any atom is -0.504 e. The van der Waals surface area contributed by atoms with Crippen LogP contribution in [0.25, 0.3) is 0 Å². The smallest absolute Gasteiger partial charge is 0.254 e. The number of hydrogen-bond donors (Lipinski definition) is 1. The van der Waals surface area contributed by atoms with Crippen molar-refractivity contribution in [3.63, 3.8) is 0 Å². The lowest BCUT2D eigenvalue weighted by molar-refractivity contribution is 0.0780. The third-order valence-corrected chi connectivity index (χ3v) is 8.73. The quantitative estimate of drug-likeness (QED) is 0.229. The number of phenols is 1. The van der Waals surface area contributed by atoms with Gasteiger partial charge in [-0.3, -0.25) is 14.5 Å². The number of aromatic hydroxyl groups is 1. The minimum atomic E-state index is -0.0407. The molecule has 7 rings (SSSR count). The van der Waals surface area contributed by atoms with Gasteiger partial charge in [-0.05, 0) is 91.5 Å². The van der Waals surface area contributed by atoms with Crippen molar-refractivity contribution in [2.45, 2.75) is 25.3 Å². The molecule has 0 saturated carbocycles. The summed E-state index contributed by atoms with van der Waals surface area (Å²) in [4.78, 5) is 28.1. The van der Waals surface area contributed by atoms with Crippen molar-refractivity contribution < 1.29 is 33.6 Å². The van der Waals surface area contributed by atoms with Gasteiger partial charge in [0.1, 0.15) is 12.0 Å². The van der Waals surface area contributed by atoms with Gasteiger partial charge in [0.05, 0.1) is 7.11 Å². The third kappa shape index (κ3) is 4.79. The van der Waals surface area contributed by atoms with Gasteiger partial charge >= 0.3 is 0 Å². The molecule has 9 nitrogen and oxygen atoms in total. The molecule has 0 unspecified atom stereocenters. The number of carbonyl (C=O) groups excluding carboxylic acids is 2. The Morgan fingerprint density at radius 3 is 2.43 bits per heavy atom. The van der Waals surface area contributed by atoms with E-state index in [1.165, 1.54) is 18.2 Å². The fourth-order valence-electron chi connectivity index (χ4n) is 6.25. The summed E-state index contributed by atoms with van der Waals surface area (Å²) in [6.07, 6.45) is 2.98. The van der Waals surface area contributed by atoms with Gasteiger partial charge in [0.25, 0.3) is 5.91 Å². The number of phenolic OH excluding ortho intramolecular Hbond substituents is 1. The van der Waals surface area contributed by atoms with Gasteiger partial charge in [-0.15, -0.1) is 0 Å². The standard InChI is InChI=1S/C35H32N2O7/c1-36-12-11-23-17-31(41-3)33-34(44-30-18-25-22(16-29(30)43-33)10-13-37(2)35(25)40)32(23)26(36)14-20-4-7-24(8-5-20)42-28-15-21(19-38)6-9-27(28)39/h4-9,15-19,26,39H,10-14H2,1-3H3/t26-/m0/s1. The molecule has 1 N–H and O–H groups in total. The monoisotopic (exact) mass is 592 g/mol. The Bertz CT molecular complexity index is 1800. The van der Waals surface area contributed by atoms with Crippen LogP contribution in [0.15, 0.2) is 60.7 Å². The van der Waals surface area contributed by atoms with E-state index in [-0.39, 0.29) is 23.4 Å². The zero-order chi connectivity index (χ0) is 30.5. The minimum absolute atomic E-state index is 0.0194. The second-order valence-corrected chi connectivity index (χ2v) is 11.5. The molecule has 0 aliphatic carbocycles. The molecule has 224 valence electrons. The average molecular weight is 593 g/mol. The molecule has 0 aromatic heterocycles. The lowest BCUT2D eigenvalue weighted by atomic mass is 9.87. The Morgan fingerprint density at radius 1 is 0.909 bits per heavy atom. The second kappa shape index (κ2) is 10.9. The molecular formula is C35H32N2O7. The van der Waals surface area contributed by atoms with Crippen molar-refractivity contribution in [3.8, 4) is 46.0 Å². The number of fused-ring (bicyclic) bond motifs is 5. The van der Waals surface area contributed by atoms with E-state index in [0.29, 0.717) is 64.9 Å². The molecule has 9 heteroatoms. The molecule has 44 heavy (non-hydrogen) atoms. The van der Waals surface area contributed by atoms with Gasteiger partial charge in [-0.2, -0.15) is 0 Å². The predicted octanol–water partition coefficient (Wildman–Crippen LogP) is 6.30. The van der Waals surface area contributed by atoms with Crippen molar-refractivity contribution >= 4 is 12.2 Å². The molecule has 4 aromatic carbocycles. The number of nitrogens with zero attached hydrogens (tertiary/aromatic N) is 2. The van der Waals surface area contributed by atoms with E-state index >= 15 is 0 Å². The van der Waals surface area contributed by atoms with Crippen LogP contribution >= 0.6 is 0 Å². The zero-order valence-electron chi connectivity index (χ0n) is 24.8. The average Bonchev–Trinajstić information content (AvgIpc) is 3.04. The first-order valence-corrected chi connectivity index (χ1v) is 14.6. The van der Waals surface area contributed by atoms with Gasteiger partial charge in [0, 0.05) is 42.9 Å². The maximum atomic E-state index is 12.9. The van der Waals surface area contributed by atoms with Gasteiger partial charge in [0.2, 0.25) is 5.75 Å². The highest BCUT2D eigenvalue weighted by Crippen LogP contribution is 2.56. The Morgan fingerprint density at radius 2 is 1.66 bits per heavy atom. The van der Waals surface area contributed by atoms with Crippen molar-refractivity contribution in [1.82, 2.24) is 9.80 Å². The Labute approximate surface area is 255 Å². The molecule has 3 aliphatic rings. The third-order valence-electron chi connectivity index (χ3n) is 8.73. The summed E-state index contributed by atoms with van der Waals surface area (Å²) in [7, 11) is 5.55. The number of likely N-dealkylation sites (N-methyl/N-ethyl adjacent to an activating group) is 2. The molecule has 1 amide bonds. The van der Waals surface area contributed by atoms with Crippen LogP contribution in [-0.4, -0.2) is 61.4 Å². The van der Waals surface area contributed by atoms with Crippen molar-refractivity contribution in [2.24, 2.45) is 0 Å². The van der Waals surface area contributed by atoms with E-state index in [9.17, 15) is 14.7 Å². The summed E-state index contributed by atoms with van der Waals surface area (Å²) in [5, 5.41) is 10.2. The van der Waals surface area contributed by atoms with E-state index < -0.39 is 0 Å². The highest BCUT2D eigenvalue weighted by molar-refractivity contribution is 5.97. The number of benzene rings is 4. The number of rotatable bonds is 6. The van der Waals surface area contributed by atoms with Gasteiger partial charge in [-0.1, -0.05) is 12.1 Å². The fourth-order valence-corrected chi connectivity index (χ4v) is 6.25. The first-order chi connectivity index (χ1) is 21.3. The molecule has 0 saturated heterocycles. The van der Waals surface area contributed by atoms with Crippen molar-refractivity contribution in [1.29, 1.82) is 0 Å². The first-order valence-electron chi connectivity index (χ1n) is 14.6. The lowest BCUT2D eigenvalue weighted by Gasteiger charge is -2.38. The Kier molecular flexibility index (Phi) is 6.89. The number of hydrogen-bond acceptors (Lipinski definition) is 8. The molecular weight excluding hydrogens is 560 g/mol. The predicted molar refractivity (Wildman–Crippen MR) is 163 cm³/mol. The maximum absolute atomic E-state index is 12.9. The summed E-state index contributed by atoms with van der Waals surface area (Å²) >= 11 is 0. The molecule has 3 heterocycles. The van der Waals surface area contributed by atoms with E-state index in [4.69, 9.17) is 18.9 Å². The molecule has 4 aromatic rings. The molecule has 0 bridgehead atoms. The fraction of sp³-hybridized carbons (Fsp3) is 0.257. The lowest BCUT2D eigenvalue weighted by Crippen LogP contribution is -2.34. The SMILES string of the molecule is COc1cc2c(c3c1Oc1cc4c(cc1O3)C(=O)N(C)CC4)[C@H](Cc1ccc(Oc3cc(C=O)ccc3O)cc1)N(C)CC2. The van der Waals surface area contributed by atoms with Gasteiger partial charge in [-0.25, -0.2) is 0 Å². The molecule has 0 fully saturated rings. The van der Waals surface area contributed by atoms with Crippen LogP contribution in [0.3, 0.4) is 0 Å². The van der Waals surface area contributed by atoms with Crippen LogP contribution in [0.1, 0.15) is 49.0 Å². The summed E-state index contributed by atoms with van der Waals surface area (Å²) in [5.41, 5.74) is 5.27. The van der Waals surface area contributed by atoms with E-state index in [2.05, 4.69) is 18.0 Å². The molecule has 3 aliphatic heterocycles. The van der Waals surface area contributed by atoms with Crippen molar-refractivity contribution in [2.75, 3.05) is 34.3 Å². The van der Waals surface area contributed by atoms with Crippen LogP contribution in [0.4, 0.5) is 0 Å². The summed E-state index contributed by atoms with van der Waals surface area (Å²) < 4.78 is 24.7. The number of ether oxygens (including phenoxy) is 4. The van der Waals surface area contributed by atoms with Crippen LogP contribution in [-0.2, 0) is 19.3 Å². The van der Waals surface area contributed by atoms with Crippen LogP contribution in [0, 0.1) is 0 Å². The largest absolute Gasteiger partial charge is 0.504 e. The second-order valence-electron chi connectivity index (χ2n) is 11.5. The number of amides is 1. The van der Waals surface area contributed by atoms with E-state index in [0.717, 1.165) is 41.6 Å². The normalized spacial score (nSPS) is 16.9. The van der Waals surface area contributed by atoms with Gasteiger partial charge < -0.3 is 29.0 Å². The van der Waals surface area contributed by atoms with Crippen LogP contribution in [0.2, 0.25) is 0 Å². The summed E-state index contributed by atoms with van der Waals surface area (Å²) in [6, 6.07) is 17.9. The molecule has 0 radical (unpaired) electrons. The van der Waals surface area contributed by atoms with Crippen LogP contribution in [0.5, 0.6) is 46.0 Å². The Balaban J connectivity index is 1.21. The van der Waals surface area contributed by atoms with Crippen molar-refractivity contribution in [3.05, 3.63) is 94.0 Å². The van der Waals surface area contributed by atoms with E-state index in [1.807, 2.05) is 37.4 Å². The summed E-state index contributed by atoms with van der Waals surface area (Å²) in [6.45, 7) is 1.52. The number of methoxy groups -OCH3 is 1. The molecule has 1 atom stereocenters.